The molecule has 0 unspecified atom stereocenters. The van der Waals surface area contributed by atoms with Gasteiger partial charge in [-0.3, -0.25) is 0 Å². The highest BCUT2D eigenvalue weighted by molar-refractivity contribution is 7.13. The molecule has 128 valence electrons. The highest BCUT2D eigenvalue weighted by Crippen LogP contribution is 2.31. The van der Waals surface area contributed by atoms with Gasteiger partial charge in [0.25, 0.3) is 0 Å². The number of rotatable bonds is 5. The van der Waals surface area contributed by atoms with Gasteiger partial charge < -0.3 is 4.90 Å². The minimum Gasteiger partial charge on any atom is -0.368 e. The zero-order chi connectivity index (χ0) is 17.8. The number of hydrogen-bond donors (Lipinski definition) is 0. The lowest BCUT2D eigenvalue weighted by Gasteiger charge is -2.21. The molecule has 0 atom stereocenters. The summed E-state index contributed by atoms with van der Waals surface area (Å²) in [6.07, 6.45) is 3.48. The van der Waals surface area contributed by atoms with Crippen molar-refractivity contribution in [2.45, 2.75) is 6.54 Å². The van der Waals surface area contributed by atoms with E-state index < -0.39 is 0 Å². The molecule has 0 saturated carbocycles. The Bertz CT molecular complexity index is 983. The fourth-order valence-electron chi connectivity index (χ4n) is 2.89. The molecule has 0 amide bonds. The number of para-hydroxylation sites is 1. The van der Waals surface area contributed by atoms with Crippen LogP contribution in [0.3, 0.4) is 0 Å². The summed E-state index contributed by atoms with van der Waals surface area (Å²) in [4.78, 5) is 15.5. The smallest absolute Gasteiger partial charge is 0.188 e. The molecule has 0 N–H and O–H groups in total. The van der Waals surface area contributed by atoms with Crippen LogP contribution in [0.25, 0.3) is 22.0 Å². The first-order chi connectivity index (χ1) is 12.8. The van der Waals surface area contributed by atoms with Gasteiger partial charge in [0.15, 0.2) is 10.8 Å². The molecule has 5 heteroatoms. The molecule has 4 rings (SSSR count). The van der Waals surface area contributed by atoms with Crippen LogP contribution in [0.1, 0.15) is 5.69 Å². The monoisotopic (exact) mass is 358 g/mol. The Balaban J connectivity index is 1.58. The summed E-state index contributed by atoms with van der Waals surface area (Å²) in [5.41, 5.74) is 4.64. The van der Waals surface area contributed by atoms with Gasteiger partial charge in [-0.2, -0.15) is 0 Å². The highest BCUT2D eigenvalue weighted by atomic mass is 32.1. The molecule has 0 aliphatic rings. The van der Waals surface area contributed by atoms with Crippen molar-refractivity contribution in [3.63, 3.8) is 0 Å². The molecule has 4 aromatic rings. The summed E-state index contributed by atoms with van der Waals surface area (Å²) in [5, 5.41) is 2.93. The van der Waals surface area contributed by atoms with Crippen molar-refractivity contribution in [2.75, 3.05) is 11.9 Å². The zero-order valence-electron chi connectivity index (χ0n) is 14.4. The van der Waals surface area contributed by atoms with Crippen LogP contribution in [0.4, 0.5) is 5.69 Å². The molecule has 0 radical (unpaired) electrons. The second-order valence-electron chi connectivity index (χ2n) is 5.96. The van der Waals surface area contributed by atoms with Crippen LogP contribution >= 0.6 is 11.3 Å². The molecule has 0 saturated heterocycles. The summed E-state index contributed by atoms with van der Waals surface area (Å²) in [6, 6.07) is 20.7. The fraction of sp³-hybridized carbons (Fsp3) is 0.0952. The van der Waals surface area contributed by atoms with E-state index in [1.807, 2.05) is 12.1 Å². The maximum Gasteiger partial charge on any atom is 0.188 e. The predicted octanol–water partition coefficient (Wildman–Crippen LogP) is 4.90. The van der Waals surface area contributed by atoms with Crippen molar-refractivity contribution in [1.82, 2.24) is 15.0 Å². The van der Waals surface area contributed by atoms with Gasteiger partial charge in [-0.05, 0) is 17.7 Å². The van der Waals surface area contributed by atoms with Crippen molar-refractivity contribution in [3.8, 4) is 22.0 Å². The van der Waals surface area contributed by atoms with E-state index in [1.165, 1.54) is 16.8 Å². The Labute approximate surface area is 156 Å². The van der Waals surface area contributed by atoms with Crippen molar-refractivity contribution in [3.05, 3.63) is 84.1 Å². The van der Waals surface area contributed by atoms with Crippen molar-refractivity contribution in [1.29, 1.82) is 0 Å². The SMILES string of the molecule is CN(Cc1csc(-c2ncccn2)n1)c1ccccc1-c1ccccc1. The van der Waals surface area contributed by atoms with Gasteiger partial charge in [-0.25, -0.2) is 15.0 Å². The first-order valence-corrected chi connectivity index (χ1v) is 9.26. The molecule has 0 bridgehead atoms. The van der Waals surface area contributed by atoms with Crippen molar-refractivity contribution >= 4 is 17.0 Å². The molecule has 0 fully saturated rings. The summed E-state index contributed by atoms with van der Waals surface area (Å²) < 4.78 is 0. The lowest BCUT2D eigenvalue weighted by Crippen LogP contribution is -2.17. The molecule has 4 nitrogen and oxygen atoms in total. The molecule has 2 aromatic carbocycles. The summed E-state index contributed by atoms with van der Waals surface area (Å²) in [5.74, 6) is 0.677. The summed E-state index contributed by atoms with van der Waals surface area (Å²) >= 11 is 1.58. The van der Waals surface area contributed by atoms with E-state index in [2.05, 4.69) is 75.8 Å². The molecule has 26 heavy (non-hydrogen) atoms. The topological polar surface area (TPSA) is 41.9 Å². The van der Waals surface area contributed by atoms with Crippen LogP contribution in [0.5, 0.6) is 0 Å². The predicted molar refractivity (Wildman–Crippen MR) is 107 cm³/mol. The van der Waals surface area contributed by atoms with E-state index in [0.717, 1.165) is 17.2 Å². The maximum atomic E-state index is 4.70. The molecule has 0 aliphatic carbocycles. The molecule has 0 aliphatic heterocycles. The number of nitrogens with zero attached hydrogens (tertiary/aromatic N) is 4. The Hall–Kier alpha value is -3.05. The maximum absolute atomic E-state index is 4.70. The third kappa shape index (κ3) is 3.48. The minimum atomic E-state index is 0.677. The standard InChI is InChI=1S/C21H18N4S/c1-25(14-17-15-26-21(24-17)20-22-12-7-13-23-20)19-11-6-5-10-18(19)16-8-3-2-4-9-16/h2-13,15H,14H2,1H3. The Morgan fingerprint density at radius 1 is 0.885 bits per heavy atom. The highest BCUT2D eigenvalue weighted by Gasteiger charge is 2.12. The molecular weight excluding hydrogens is 340 g/mol. The third-order valence-corrected chi connectivity index (χ3v) is 5.00. The summed E-state index contributed by atoms with van der Waals surface area (Å²) in [6.45, 7) is 0.729. The van der Waals surface area contributed by atoms with Crippen LogP contribution in [0.15, 0.2) is 78.4 Å². The summed E-state index contributed by atoms with van der Waals surface area (Å²) in [7, 11) is 2.10. The van der Waals surface area contributed by atoms with Gasteiger partial charge in [0.2, 0.25) is 0 Å². The van der Waals surface area contributed by atoms with Crippen LogP contribution in [-0.4, -0.2) is 22.0 Å². The van der Waals surface area contributed by atoms with E-state index >= 15 is 0 Å². The average molecular weight is 358 g/mol. The van der Waals surface area contributed by atoms with E-state index in [0.29, 0.717) is 5.82 Å². The first-order valence-electron chi connectivity index (χ1n) is 8.38. The van der Waals surface area contributed by atoms with Gasteiger partial charge >= 0.3 is 0 Å². The number of hydrogen-bond acceptors (Lipinski definition) is 5. The molecule has 0 spiro atoms. The van der Waals surface area contributed by atoms with E-state index in [1.54, 1.807) is 23.7 Å². The molecular formula is C21H18N4S. The van der Waals surface area contributed by atoms with Gasteiger partial charge in [0.1, 0.15) is 0 Å². The van der Waals surface area contributed by atoms with E-state index in [-0.39, 0.29) is 0 Å². The van der Waals surface area contributed by atoms with Crippen molar-refractivity contribution < 1.29 is 0 Å². The van der Waals surface area contributed by atoms with Crippen LogP contribution < -0.4 is 4.90 Å². The first kappa shape index (κ1) is 16.4. The Morgan fingerprint density at radius 3 is 2.42 bits per heavy atom. The van der Waals surface area contributed by atoms with E-state index in [9.17, 15) is 0 Å². The van der Waals surface area contributed by atoms with Gasteiger partial charge in [0, 0.05) is 36.1 Å². The van der Waals surface area contributed by atoms with Crippen LogP contribution in [-0.2, 0) is 6.54 Å². The average Bonchev–Trinajstić information content (AvgIpc) is 3.18. The number of benzene rings is 2. The Kier molecular flexibility index (Phi) is 4.71. The third-order valence-electron chi connectivity index (χ3n) is 4.11. The largest absolute Gasteiger partial charge is 0.368 e. The second kappa shape index (κ2) is 7.45. The number of aromatic nitrogens is 3. The van der Waals surface area contributed by atoms with Crippen LogP contribution in [0.2, 0.25) is 0 Å². The molecule has 2 aromatic heterocycles. The van der Waals surface area contributed by atoms with Crippen LogP contribution in [0, 0.1) is 0 Å². The van der Waals surface area contributed by atoms with Gasteiger partial charge in [0.05, 0.1) is 12.2 Å². The normalized spacial score (nSPS) is 10.7. The Morgan fingerprint density at radius 2 is 1.62 bits per heavy atom. The lowest BCUT2D eigenvalue weighted by atomic mass is 10.0. The zero-order valence-corrected chi connectivity index (χ0v) is 15.2. The van der Waals surface area contributed by atoms with E-state index in [4.69, 9.17) is 4.98 Å². The minimum absolute atomic E-state index is 0.677. The second-order valence-corrected chi connectivity index (χ2v) is 6.81. The number of thiazole rings is 1. The lowest BCUT2D eigenvalue weighted by molar-refractivity contribution is 0.895. The van der Waals surface area contributed by atoms with Crippen molar-refractivity contribution in [2.24, 2.45) is 0 Å². The van der Waals surface area contributed by atoms with Gasteiger partial charge in [-0.1, -0.05) is 48.5 Å². The van der Waals surface area contributed by atoms with Gasteiger partial charge in [-0.15, -0.1) is 11.3 Å². The number of anilines is 1. The molecule has 2 heterocycles. The quantitative estimate of drug-likeness (QED) is 0.509. The fourth-order valence-corrected chi connectivity index (χ4v) is 3.64.